The van der Waals surface area contributed by atoms with E-state index in [1.807, 2.05) is 35.4 Å². The summed E-state index contributed by atoms with van der Waals surface area (Å²) in [5.74, 6) is 0.893. The summed E-state index contributed by atoms with van der Waals surface area (Å²) in [5.41, 5.74) is 3.99. The van der Waals surface area contributed by atoms with E-state index < -0.39 is 0 Å². The number of pyridine rings is 1. The molecule has 0 bridgehead atoms. The predicted octanol–water partition coefficient (Wildman–Crippen LogP) is 3.53. The Hall–Kier alpha value is -3.15. The molecule has 3 aromatic rings. The Morgan fingerprint density at radius 2 is 2.07 bits per heavy atom. The standard InChI is InChI=1S/C21H23N5O/c1-22-20-17(10-5-11-23-20)21(27)26-12-6-9-16(14-26)19-18(13-24-25-19)15-7-3-2-4-8-15/h2-5,7-8,10-11,13,16H,6,9,12,14H2,1H3,(H,22,23)(H,24,25)/t16-/m1/s1. The molecule has 1 aliphatic rings. The number of nitrogens with one attached hydrogen (secondary N) is 2. The van der Waals surface area contributed by atoms with Gasteiger partial charge in [0.1, 0.15) is 5.82 Å². The molecule has 1 atom stereocenters. The molecule has 1 aromatic carbocycles. The van der Waals surface area contributed by atoms with Crippen LogP contribution in [0.15, 0.2) is 54.9 Å². The summed E-state index contributed by atoms with van der Waals surface area (Å²) in [5, 5.41) is 10.5. The third-order valence-electron chi connectivity index (χ3n) is 5.15. The highest BCUT2D eigenvalue weighted by molar-refractivity contribution is 5.98. The van der Waals surface area contributed by atoms with Crippen molar-refractivity contribution in [2.24, 2.45) is 0 Å². The Bertz CT molecular complexity index is 921. The molecule has 27 heavy (non-hydrogen) atoms. The highest BCUT2D eigenvalue weighted by atomic mass is 16.2. The average Bonchev–Trinajstić information content (AvgIpc) is 3.24. The Labute approximate surface area is 158 Å². The van der Waals surface area contributed by atoms with Gasteiger partial charge in [-0.25, -0.2) is 4.98 Å². The topological polar surface area (TPSA) is 73.9 Å². The van der Waals surface area contributed by atoms with E-state index in [1.54, 1.807) is 19.3 Å². The Morgan fingerprint density at radius 3 is 2.89 bits per heavy atom. The van der Waals surface area contributed by atoms with Crippen molar-refractivity contribution >= 4 is 11.7 Å². The third kappa shape index (κ3) is 3.43. The van der Waals surface area contributed by atoms with Crippen molar-refractivity contribution in [1.29, 1.82) is 0 Å². The van der Waals surface area contributed by atoms with Crippen molar-refractivity contribution in [3.63, 3.8) is 0 Å². The number of aromatic amines is 1. The van der Waals surface area contributed by atoms with Gasteiger partial charge < -0.3 is 10.2 Å². The number of carbonyl (C=O) groups is 1. The highest BCUT2D eigenvalue weighted by Crippen LogP contribution is 2.33. The van der Waals surface area contributed by atoms with Crippen LogP contribution in [0.25, 0.3) is 11.1 Å². The lowest BCUT2D eigenvalue weighted by molar-refractivity contribution is 0.0706. The summed E-state index contributed by atoms with van der Waals surface area (Å²) in [7, 11) is 1.79. The lowest BCUT2D eigenvalue weighted by Gasteiger charge is -2.33. The van der Waals surface area contributed by atoms with Gasteiger partial charge in [-0.3, -0.25) is 9.89 Å². The van der Waals surface area contributed by atoms with Crippen molar-refractivity contribution in [3.05, 3.63) is 66.1 Å². The number of amides is 1. The zero-order valence-electron chi connectivity index (χ0n) is 15.4. The largest absolute Gasteiger partial charge is 0.372 e. The Balaban J connectivity index is 1.58. The molecule has 6 nitrogen and oxygen atoms in total. The van der Waals surface area contributed by atoms with Gasteiger partial charge in [0.05, 0.1) is 11.8 Å². The molecule has 0 radical (unpaired) electrons. The number of rotatable bonds is 4. The molecule has 0 unspecified atom stereocenters. The van der Waals surface area contributed by atoms with E-state index in [2.05, 4.69) is 32.6 Å². The van der Waals surface area contributed by atoms with Crippen molar-refractivity contribution in [2.75, 3.05) is 25.5 Å². The molecule has 0 aliphatic carbocycles. The van der Waals surface area contributed by atoms with E-state index in [-0.39, 0.29) is 11.8 Å². The number of likely N-dealkylation sites (tertiary alicyclic amines) is 1. The van der Waals surface area contributed by atoms with Crippen LogP contribution in [0.5, 0.6) is 0 Å². The quantitative estimate of drug-likeness (QED) is 0.745. The molecular formula is C21H23N5O. The fraction of sp³-hybridized carbons (Fsp3) is 0.286. The zero-order valence-corrected chi connectivity index (χ0v) is 15.4. The molecule has 2 aromatic heterocycles. The molecule has 0 saturated carbocycles. The maximum atomic E-state index is 13.1. The number of anilines is 1. The summed E-state index contributed by atoms with van der Waals surface area (Å²) in [6, 6.07) is 13.9. The van der Waals surface area contributed by atoms with Crippen molar-refractivity contribution < 1.29 is 4.79 Å². The molecule has 1 fully saturated rings. The van der Waals surface area contributed by atoms with Crippen LogP contribution in [0.3, 0.4) is 0 Å². The van der Waals surface area contributed by atoms with Gasteiger partial charge in [-0.15, -0.1) is 0 Å². The van der Waals surface area contributed by atoms with Crippen LogP contribution >= 0.6 is 0 Å². The van der Waals surface area contributed by atoms with Gasteiger partial charge in [-0.2, -0.15) is 5.10 Å². The van der Waals surface area contributed by atoms with E-state index in [9.17, 15) is 4.79 Å². The predicted molar refractivity (Wildman–Crippen MR) is 106 cm³/mol. The van der Waals surface area contributed by atoms with Gasteiger partial charge >= 0.3 is 0 Å². The smallest absolute Gasteiger partial charge is 0.257 e. The lowest BCUT2D eigenvalue weighted by atomic mass is 9.90. The second kappa shape index (κ2) is 7.61. The van der Waals surface area contributed by atoms with Gasteiger partial charge in [-0.05, 0) is 30.5 Å². The maximum absolute atomic E-state index is 13.1. The summed E-state index contributed by atoms with van der Waals surface area (Å²) in [6.07, 6.45) is 5.58. The first kappa shape index (κ1) is 17.3. The molecule has 1 aliphatic heterocycles. The minimum Gasteiger partial charge on any atom is -0.372 e. The van der Waals surface area contributed by atoms with Crippen LogP contribution in [0.2, 0.25) is 0 Å². The van der Waals surface area contributed by atoms with E-state index >= 15 is 0 Å². The molecule has 2 N–H and O–H groups in total. The van der Waals surface area contributed by atoms with E-state index in [0.29, 0.717) is 17.9 Å². The number of carbonyl (C=O) groups excluding carboxylic acids is 1. The van der Waals surface area contributed by atoms with Gasteiger partial charge in [0.25, 0.3) is 5.91 Å². The second-order valence-electron chi connectivity index (χ2n) is 6.80. The number of aromatic nitrogens is 3. The van der Waals surface area contributed by atoms with Crippen LogP contribution in [0, 0.1) is 0 Å². The number of benzene rings is 1. The van der Waals surface area contributed by atoms with Crippen LogP contribution in [-0.2, 0) is 0 Å². The van der Waals surface area contributed by atoms with E-state index in [1.165, 1.54) is 0 Å². The first-order valence-electron chi connectivity index (χ1n) is 9.28. The number of nitrogens with zero attached hydrogens (tertiary/aromatic N) is 3. The Kier molecular flexibility index (Phi) is 4.87. The van der Waals surface area contributed by atoms with Crippen molar-refractivity contribution in [3.8, 4) is 11.1 Å². The van der Waals surface area contributed by atoms with Crippen molar-refractivity contribution in [2.45, 2.75) is 18.8 Å². The normalized spacial score (nSPS) is 16.9. The van der Waals surface area contributed by atoms with E-state index in [0.717, 1.165) is 36.2 Å². The minimum absolute atomic E-state index is 0.0259. The average molecular weight is 361 g/mol. The fourth-order valence-electron chi connectivity index (χ4n) is 3.80. The third-order valence-corrected chi connectivity index (χ3v) is 5.15. The van der Waals surface area contributed by atoms with Gasteiger partial charge in [-0.1, -0.05) is 30.3 Å². The Morgan fingerprint density at radius 1 is 1.22 bits per heavy atom. The van der Waals surface area contributed by atoms with Crippen molar-refractivity contribution in [1.82, 2.24) is 20.1 Å². The summed E-state index contributed by atoms with van der Waals surface area (Å²) in [4.78, 5) is 19.3. The number of hydrogen-bond acceptors (Lipinski definition) is 4. The van der Waals surface area contributed by atoms with Crippen LogP contribution in [0.4, 0.5) is 5.82 Å². The first-order chi connectivity index (χ1) is 13.3. The molecule has 3 heterocycles. The molecule has 1 amide bonds. The first-order valence-corrected chi connectivity index (χ1v) is 9.28. The molecule has 138 valence electrons. The van der Waals surface area contributed by atoms with Gasteiger partial charge in [0.2, 0.25) is 0 Å². The highest BCUT2D eigenvalue weighted by Gasteiger charge is 2.29. The zero-order chi connectivity index (χ0) is 18.6. The summed E-state index contributed by atoms with van der Waals surface area (Å²) >= 11 is 0. The number of hydrogen-bond donors (Lipinski definition) is 2. The molecule has 6 heteroatoms. The van der Waals surface area contributed by atoms with Crippen LogP contribution in [0.1, 0.15) is 34.8 Å². The maximum Gasteiger partial charge on any atom is 0.257 e. The minimum atomic E-state index is 0.0259. The lowest BCUT2D eigenvalue weighted by Crippen LogP contribution is -2.39. The van der Waals surface area contributed by atoms with Gasteiger partial charge in [0.15, 0.2) is 0 Å². The fourth-order valence-corrected chi connectivity index (χ4v) is 3.80. The molecule has 1 saturated heterocycles. The monoisotopic (exact) mass is 361 g/mol. The van der Waals surface area contributed by atoms with Crippen LogP contribution in [-0.4, -0.2) is 46.1 Å². The second-order valence-corrected chi connectivity index (χ2v) is 6.80. The van der Waals surface area contributed by atoms with Gasteiger partial charge in [0, 0.05) is 43.5 Å². The summed E-state index contributed by atoms with van der Waals surface area (Å²) < 4.78 is 0. The SMILES string of the molecule is CNc1ncccc1C(=O)N1CCC[C@@H](c2[nH]ncc2-c2ccccc2)C1. The molecule has 0 spiro atoms. The molecule has 4 rings (SSSR count). The van der Waals surface area contributed by atoms with Crippen LogP contribution < -0.4 is 5.32 Å². The van der Waals surface area contributed by atoms with E-state index in [4.69, 9.17) is 0 Å². The molecular weight excluding hydrogens is 338 g/mol. The number of piperidine rings is 1. The number of H-pyrrole nitrogens is 1. The summed E-state index contributed by atoms with van der Waals surface area (Å²) in [6.45, 7) is 1.45.